The monoisotopic (exact) mass is 279 g/mol. The molecule has 0 radical (unpaired) electrons. The van der Waals surface area contributed by atoms with E-state index in [1.165, 1.54) is 37.4 Å². The minimum atomic E-state index is 0.0634. The first-order valence-electron chi connectivity index (χ1n) is 6.61. The van der Waals surface area contributed by atoms with Gasteiger partial charge >= 0.3 is 0 Å². The normalized spacial score (nSPS) is 18.0. The second-order valence-corrected chi connectivity index (χ2v) is 6.23. The maximum Gasteiger partial charge on any atom is 0.239 e. The Labute approximate surface area is 115 Å². The second kappa shape index (κ2) is 5.32. The van der Waals surface area contributed by atoms with Crippen molar-refractivity contribution in [2.75, 3.05) is 0 Å². The fourth-order valence-corrected chi connectivity index (χ4v) is 3.14. The van der Waals surface area contributed by atoms with Gasteiger partial charge in [0.2, 0.25) is 11.0 Å². The van der Waals surface area contributed by atoms with Crippen LogP contribution in [-0.4, -0.2) is 25.3 Å². The van der Waals surface area contributed by atoms with Crippen molar-refractivity contribution in [1.82, 2.24) is 25.3 Å². The lowest BCUT2D eigenvalue weighted by molar-refractivity contribution is 0.376. The number of rotatable bonds is 4. The van der Waals surface area contributed by atoms with Gasteiger partial charge in [-0.2, -0.15) is 4.98 Å². The smallest absolute Gasteiger partial charge is 0.239 e. The Morgan fingerprint density at radius 3 is 2.79 bits per heavy atom. The van der Waals surface area contributed by atoms with Crippen LogP contribution in [0.25, 0.3) is 0 Å². The number of aromatic nitrogens is 5. The minimum Gasteiger partial charge on any atom is -0.338 e. The molecule has 3 rings (SSSR count). The van der Waals surface area contributed by atoms with E-state index in [4.69, 9.17) is 4.52 Å². The van der Waals surface area contributed by atoms with E-state index in [2.05, 4.69) is 25.3 Å². The van der Waals surface area contributed by atoms with Gasteiger partial charge < -0.3 is 4.52 Å². The Morgan fingerprint density at radius 2 is 2.11 bits per heavy atom. The van der Waals surface area contributed by atoms with E-state index in [1.54, 1.807) is 0 Å². The molecule has 102 valence electrons. The third kappa shape index (κ3) is 2.80. The number of aromatic amines is 1. The average Bonchev–Trinajstić information content (AvgIpc) is 3.07. The molecule has 2 aromatic heterocycles. The molecule has 1 atom stereocenters. The maximum atomic E-state index is 5.16. The lowest BCUT2D eigenvalue weighted by atomic mass is 10.1. The molecular weight excluding hydrogens is 262 g/mol. The van der Waals surface area contributed by atoms with E-state index in [-0.39, 0.29) is 5.25 Å². The summed E-state index contributed by atoms with van der Waals surface area (Å²) in [5, 5.41) is 11.9. The highest BCUT2D eigenvalue weighted by Gasteiger charge is 2.22. The van der Waals surface area contributed by atoms with Crippen molar-refractivity contribution >= 4 is 11.8 Å². The van der Waals surface area contributed by atoms with Crippen molar-refractivity contribution < 1.29 is 4.52 Å². The Kier molecular flexibility index (Phi) is 3.54. The third-order valence-electron chi connectivity index (χ3n) is 3.40. The summed E-state index contributed by atoms with van der Waals surface area (Å²) in [5.41, 5.74) is 0. The molecule has 7 heteroatoms. The molecule has 6 nitrogen and oxygen atoms in total. The third-order valence-corrected chi connectivity index (χ3v) is 4.35. The molecule has 0 aromatic carbocycles. The molecule has 0 unspecified atom stereocenters. The van der Waals surface area contributed by atoms with Crippen LogP contribution in [0, 0.1) is 6.92 Å². The highest BCUT2D eigenvalue weighted by Crippen LogP contribution is 2.35. The van der Waals surface area contributed by atoms with Gasteiger partial charge in [-0.05, 0) is 26.7 Å². The van der Waals surface area contributed by atoms with E-state index in [9.17, 15) is 0 Å². The van der Waals surface area contributed by atoms with Gasteiger partial charge in [0.15, 0.2) is 5.82 Å². The van der Waals surface area contributed by atoms with E-state index in [0.29, 0.717) is 17.6 Å². The number of hydrogen-bond acceptors (Lipinski definition) is 6. The highest BCUT2D eigenvalue weighted by atomic mass is 32.2. The predicted molar refractivity (Wildman–Crippen MR) is 70.9 cm³/mol. The molecular formula is C12H17N5OS. The van der Waals surface area contributed by atoms with E-state index < -0.39 is 0 Å². The molecule has 1 N–H and O–H groups in total. The molecule has 0 bridgehead atoms. The topological polar surface area (TPSA) is 80.5 Å². The van der Waals surface area contributed by atoms with Crippen molar-refractivity contribution in [3.05, 3.63) is 17.5 Å². The fraction of sp³-hybridized carbons (Fsp3) is 0.667. The highest BCUT2D eigenvalue weighted by molar-refractivity contribution is 7.99. The Balaban J connectivity index is 1.66. The van der Waals surface area contributed by atoms with Crippen LogP contribution in [0.3, 0.4) is 0 Å². The molecule has 0 saturated heterocycles. The summed E-state index contributed by atoms with van der Waals surface area (Å²) in [4.78, 5) is 8.80. The lowest BCUT2D eigenvalue weighted by Crippen LogP contribution is -1.94. The Bertz CT molecular complexity index is 546. The summed E-state index contributed by atoms with van der Waals surface area (Å²) < 4.78 is 5.16. The predicted octanol–water partition coefficient (Wildman–Crippen LogP) is 3.01. The van der Waals surface area contributed by atoms with Gasteiger partial charge in [-0.15, -0.1) is 5.10 Å². The van der Waals surface area contributed by atoms with Gasteiger partial charge in [-0.25, -0.2) is 4.98 Å². The number of aryl methyl sites for hydroxylation is 1. The van der Waals surface area contributed by atoms with E-state index >= 15 is 0 Å². The van der Waals surface area contributed by atoms with Crippen LogP contribution >= 0.6 is 11.8 Å². The van der Waals surface area contributed by atoms with Gasteiger partial charge in [0.1, 0.15) is 5.82 Å². The van der Waals surface area contributed by atoms with Crippen LogP contribution in [0.5, 0.6) is 0 Å². The molecule has 1 saturated carbocycles. The molecule has 1 aliphatic carbocycles. The van der Waals surface area contributed by atoms with Crippen LogP contribution in [0.15, 0.2) is 9.68 Å². The average molecular weight is 279 g/mol. The molecule has 0 spiro atoms. The number of H-pyrrole nitrogens is 1. The molecule has 0 amide bonds. The van der Waals surface area contributed by atoms with Crippen LogP contribution in [-0.2, 0) is 0 Å². The summed E-state index contributed by atoms with van der Waals surface area (Å²) in [6.45, 7) is 3.83. The van der Waals surface area contributed by atoms with Crippen LogP contribution in [0.4, 0.5) is 0 Å². The molecule has 0 aliphatic heterocycles. The number of nitrogens with one attached hydrogen (secondary N) is 1. The van der Waals surface area contributed by atoms with Gasteiger partial charge in [-0.3, -0.25) is 5.10 Å². The first-order chi connectivity index (χ1) is 9.22. The second-order valence-electron chi connectivity index (χ2n) is 4.92. The number of thioether (sulfide) groups is 1. The Morgan fingerprint density at radius 1 is 1.32 bits per heavy atom. The van der Waals surface area contributed by atoms with Crippen molar-refractivity contribution in [3.63, 3.8) is 0 Å². The zero-order chi connectivity index (χ0) is 13.2. The quantitative estimate of drug-likeness (QED) is 0.866. The van der Waals surface area contributed by atoms with Crippen LogP contribution in [0.1, 0.15) is 61.3 Å². The van der Waals surface area contributed by atoms with Gasteiger partial charge in [0.25, 0.3) is 0 Å². The molecule has 1 aliphatic rings. The zero-order valence-corrected chi connectivity index (χ0v) is 11.9. The largest absolute Gasteiger partial charge is 0.338 e. The zero-order valence-electron chi connectivity index (χ0n) is 11.1. The molecule has 2 aromatic rings. The Hall–Kier alpha value is -1.37. The van der Waals surface area contributed by atoms with Gasteiger partial charge in [0.05, 0.1) is 5.25 Å². The fourth-order valence-electron chi connectivity index (χ4n) is 2.38. The number of hydrogen-bond donors (Lipinski definition) is 1. The van der Waals surface area contributed by atoms with Crippen molar-refractivity contribution in [2.45, 2.75) is 55.9 Å². The maximum absolute atomic E-state index is 5.16. The van der Waals surface area contributed by atoms with Crippen molar-refractivity contribution in [1.29, 1.82) is 0 Å². The van der Waals surface area contributed by atoms with Gasteiger partial charge in [-0.1, -0.05) is 29.8 Å². The SMILES string of the molecule is Cc1noc([C@@H](C)Sc2n[nH]c(C3CCCC3)n2)n1. The summed E-state index contributed by atoms with van der Waals surface area (Å²) in [6.07, 6.45) is 5.03. The summed E-state index contributed by atoms with van der Waals surface area (Å²) in [5.74, 6) is 2.86. The van der Waals surface area contributed by atoms with E-state index in [0.717, 1.165) is 11.0 Å². The summed E-state index contributed by atoms with van der Waals surface area (Å²) in [7, 11) is 0. The first kappa shape index (κ1) is 12.7. The van der Waals surface area contributed by atoms with Crippen LogP contribution in [0.2, 0.25) is 0 Å². The summed E-state index contributed by atoms with van der Waals surface area (Å²) in [6, 6.07) is 0. The van der Waals surface area contributed by atoms with Crippen LogP contribution < -0.4 is 0 Å². The standard InChI is InChI=1S/C12H17N5OS/c1-7(11-13-8(2)17-18-11)19-12-14-10(15-16-12)9-5-3-4-6-9/h7,9H,3-6H2,1-2H3,(H,14,15,16)/t7-/m1/s1. The lowest BCUT2D eigenvalue weighted by Gasteiger charge is -2.03. The minimum absolute atomic E-state index is 0.0634. The first-order valence-corrected chi connectivity index (χ1v) is 7.49. The molecule has 2 heterocycles. The summed E-state index contributed by atoms with van der Waals surface area (Å²) >= 11 is 1.54. The molecule has 1 fully saturated rings. The number of nitrogens with zero attached hydrogens (tertiary/aromatic N) is 4. The van der Waals surface area contributed by atoms with E-state index in [1.807, 2.05) is 13.8 Å². The van der Waals surface area contributed by atoms with Crippen molar-refractivity contribution in [2.24, 2.45) is 0 Å². The molecule has 19 heavy (non-hydrogen) atoms. The van der Waals surface area contributed by atoms with Gasteiger partial charge in [0, 0.05) is 5.92 Å². The van der Waals surface area contributed by atoms with Crippen molar-refractivity contribution in [3.8, 4) is 0 Å².